The fourth-order valence-corrected chi connectivity index (χ4v) is 2.40. The summed E-state index contributed by atoms with van der Waals surface area (Å²) in [5.41, 5.74) is 1.02. The molecule has 0 aliphatic rings. The van der Waals surface area contributed by atoms with Crippen molar-refractivity contribution in [1.82, 2.24) is 0 Å². The molecule has 1 N–H and O–H groups in total. The number of aryl methyl sites for hydroxylation is 1. The Morgan fingerprint density at radius 1 is 1.19 bits per heavy atom. The number of rotatable bonds is 7. The molecular weight excluding hydrogens is 348 g/mol. The van der Waals surface area contributed by atoms with E-state index < -0.39 is 22.9 Å². The summed E-state index contributed by atoms with van der Waals surface area (Å²) in [5, 5.41) is 13.8. The number of carbonyl (C=O) groups excluding carboxylic acids is 2. The van der Waals surface area contributed by atoms with Crippen molar-refractivity contribution in [2.75, 3.05) is 5.32 Å². The molecule has 2 aromatic rings. The van der Waals surface area contributed by atoms with Crippen LogP contribution in [0.2, 0.25) is 0 Å². The van der Waals surface area contributed by atoms with E-state index in [2.05, 4.69) is 5.32 Å². The minimum absolute atomic E-state index is 0.0520. The number of ether oxygens (including phenoxy) is 1. The lowest BCUT2D eigenvalue weighted by Crippen LogP contribution is -2.28. The Morgan fingerprint density at radius 3 is 2.44 bits per heavy atom. The van der Waals surface area contributed by atoms with Crippen LogP contribution in [0.5, 0.6) is 0 Å². The zero-order chi connectivity index (χ0) is 20.0. The number of benzene rings is 2. The number of esters is 1. The van der Waals surface area contributed by atoms with Crippen molar-refractivity contribution in [3.63, 3.8) is 0 Å². The Bertz CT molecular complexity index is 836. The van der Waals surface area contributed by atoms with E-state index in [4.69, 9.17) is 4.74 Å². The number of nitrogens with one attached hydrogen (secondary N) is 1. The van der Waals surface area contributed by atoms with E-state index in [0.29, 0.717) is 17.5 Å². The monoisotopic (exact) mass is 370 g/mol. The van der Waals surface area contributed by atoms with Gasteiger partial charge in [-0.25, -0.2) is 0 Å². The van der Waals surface area contributed by atoms with Gasteiger partial charge >= 0.3 is 5.97 Å². The van der Waals surface area contributed by atoms with Crippen LogP contribution in [0.15, 0.2) is 48.5 Å². The van der Waals surface area contributed by atoms with Crippen LogP contribution >= 0.6 is 0 Å². The second kappa shape index (κ2) is 8.93. The number of nitro groups is 1. The number of nitrogens with zero attached hydrogens (tertiary/aromatic N) is 1. The molecule has 142 valence electrons. The molecule has 7 heteroatoms. The summed E-state index contributed by atoms with van der Waals surface area (Å²) in [7, 11) is 0. The zero-order valence-corrected chi connectivity index (χ0v) is 15.5. The number of nitro benzene ring substituents is 1. The molecule has 2 rings (SSSR count). The number of hydrogen-bond acceptors (Lipinski definition) is 5. The lowest BCUT2D eigenvalue weighted by molar-refractivity contribution is -0.384. The van der Waals surface area contributed by atoms with Gasteiger partial charge in [-0.1, -0.05) is 50.2 Å². The van der Waals surface area contributed by atoms with E-state index in [1.54, 1.807) is 50.2 Å². The van der Waals surface area contributed by atoms with Gasteiger partial charge in [0, 0.05) is 11.6 Å². The first-order valence-corrected chi connectivity index (χ1v) is 8.64. The first-order chi connectivity index (χ1) is 12.8. The topological polar surface area (TPSA) is 98.5 Å². The van der Waals surface area contributed by atoms with Gasteiger partial charge < -0.3 is 10.1 Å². The Labute approximate surface area is 157 Å². The molecule has 0 aliphatic carbocycles. The maximum absolute atomic E-state index is 12.8. The van der Waals surface area contributed by atoms with E-state index in [0.717, 1.165) is 0 Å². The van der Waals surface area contributed by atoms with Crippen molar-refractivity contribution >= 4 is 23.3 Å². The van der Waals surface area contributed by atoms with Gasteiger partial charge in [0.15, 0.2) is 0 Å². The predicted molar refractivity (Wildman–Crippen MR) is 101 cm³/mol. The molecule has 0 aromatic heterocycles. The minimum Gasteiger partial charge on any atom is -0.447 e. The highest BCUT2D eigenvalue weighted by Crippen LogP contribution is 2.28. The number of anilines is 1. The summed E-state index contributed by atoms with van der Waals surface area (Å²) < 4.78 is 5.43. The van der Waals surface area contributed by atoms with Gasteiger partial charge in [-0.2, -0.15) is 0 Å². The van der Waals surface area contributed by atoms with E-state index >= 15 is 0 Å². The summed E-state index contributed by atoms with van der Waals surface area (Å²) in [6.07, 6.45) is -0.626. The number of hydrogen-bond donors (Lipinski definition) is 1. The van der Waals surface area contributed by atoms with Crippen LogP contribution in [0.25, 0.3) is 0 Å². The van der Waals surface area contributed by atoms with Gasteiger partial charge in [-0.05, 0) is 25.0 Å². The Kier molecular flexibility index (Phi) is 6.65. The van der Waals surface area contributed by atoms with Crippen molar-refractivity contribution in [2.24, 2.45) is 5.92 Å². The molecule has 7 nitrogen and oxygen atoms in total. The molecule has 0 spiro atoms. The molecule has 0 radical (unpaired) electrons. The molecule has 2 unspecified atom stereocenters. The molecule has 0 saturated carbocycles. The Hall–Kier alpha value is -3.22. The highest BCUT2D eigenvalue weighted by Gasteiger charge is 2.28. The van der Waals surface area contributed by atoms with E-state index in [9.17, 15) is 19.7 Å². The van der Waals surface area contributed by atoms with Crippen LogP contribution in [-0.4, -0.2) is 16.8 Å². The molecule has 0 fully saturated rings. The van der Waals surface area contributed by atoms with E-state index in [1.165, 1.54) is 12.1 Å². The lowest BCUT2D eigenvalue weighted by Gasteiger charge is -2.20. The molecule has 2 aromatic carbocycles. The van der Waals surface area contributed by atoms with Crippen LogP contribution in [0.4, 0.5) is 11.4 Å². The van der Waals surface area contributed by atoms with Gasteiger partial charge in [0.2, 0.25) is 6.10 Å². The minimum atomic E-state index is -1.20. The highest BCUT2D eigenvalue weighted by atomic mass is 16.6. The van der Waals surface area contributed by atoms with Crippen LogP contribution in [0.3, 0.4) is 0 Å². The van der Waals surface area contributed by atoms with Gasteiger partial charge in [-0.3, -0.25) is 19.7 Å². The SMILES string of the molecule is CCC(C)C(=O)OC(C(=O)Nc1ccc(C)cc1[N+](=O)[O-])c1ccccc1. The van der Waals surface area contributed by atoms with Gasteiger partial charge in [0.1, 0.15) is 5.69 Å². The summed E-state index contributed by atoms with van der Waals surface area (Å²) >= 11 is 0. The highest BCUT2D eigenvalue weighted by molar-refractivity contribution is 5.97. The van der Waals surface area contributed by atoms with Crippen molar-refractivity contribution in [2.45, 2.75) is 33.3 Å². The molecule has 0 saturated heterocycles. The molecule has 2 atom stereocenters. The second-order valence-corrected chi connectivity index (χ2v) is 6.30. The molecular formula is C20H22N2O5. The summed E-state index contributed by atoms with van der Waals surface area (Å²) in [6.45, 7) is 5.28. The molecule has 0 aliphatic heterocycles. The first kappa shape index (κ1) is 20.1. The standard InChI is InChI=1S/C20H22N2O5/c1-4-14(3)20(24)27-18(15-8-6-5-7-9-15)19(23)21-16-11-10-13(2)12-17(16)22(25)26/h5-12,14,18H,4H2,1-3H3,(H,21,23). The van der Waals surface area contributed by atoms with Crippen molar-refractivity contribution in [3.05, 3.63) is 69.8 Å². The number of carbonyl (C=O) groups is 2. The van der Waals surface area contributed by atoms with Gasteiger partial charge in [0.05, 0.1) is 10.8 Å². The van der Waals surface area contributed by atoms with Crippen LogP contribution in [0.1, 0.15) is 37.5 Å². The molecule has 1 amide bonds. The smallest absolute Gasteiger partial charge is 0.309 e. The average molecular weight is 370 g/mol. The fraction of sp³-hybridized carbons (Fsp3) is 0.300. The quantitative estimate of drug-likeness (QED) is 0.448. The largest absolute Gasteiger partial charge is 0.447 e. The van der Waals surface area contributed by atoms with Crippen LogP contribution in [0, 0.1) is 23.0 Å². The van der Waals surface area contributed by atoms with Crippen molar-refractivity contribution in [1.29, 1.82) is 0 Å². The number of amides is 1. The summed E-state index contributed by atoms with van der Waals surface area (Å²) in [4.78, 5) is 35.7. The fourth-order valence-electron chi connectivity index (χ4n) is 2.40. The Balaban J connectivity index is 2.32. The van der Waals surface area contributed by atoms with Crippen molar-refractivity contribution < 1.29 is 19.2 Å². The van der Waals surface area contributed by atoms with Gasteiger partial charge in [0.25, 0.3) is 11.6 Å². The van der Waals surface area contributed by atoms with Crippen LogP contribution in [-0.2, 0) is 14.3 Å². The molecule has 0 bridgehead atoms. The maximum atomic E-state index is 12.8. The van der Waals surface area contributed by atoms with E-state index in [1.807, 2.05) is 6.92 Å². The third-order valence-corrected chi connectivity index (χ3v) is 4.20. The zero-order valence-electron chi connectivity index (χ0n) is 15.5. The second-order valence-electron chi connectivity index (χ2n) is 6.30. The first-order valence-electron chi connectivity index (χ1n) is 8.64. The average Bonchev–Trinajstić information content (AvgIpc) is 2.66. The normalized spacial score (nSPS) is 12.7. The predicted octanol–water partition coefficient (Wildman–Crippen LogP) is 4.17. The molecule has 0 heterocycles. The maximum Gasteiger partial charge on any atom is 0.309 e. The summed E-state index contributed by atoms with van der Waals surface area (Å²) in [6, 6.07) is 13.0. The van der Waals surface area contributed by atoms with Gasteiger partial charge in [-0.15, -0.1) is 0 Å². The lowest BCUT2D eigenvalue weighted by atomic mass is 10.1. The summed E-state index contributed by atoms with van der Waals surface area (Å²) in [5.74, 6) is -1.51. The molecule has 27 heavy (non-hydrogen) atoms. The van der Waals surface area contributed by atoms with Crippen LogP contribution < -0.4 is 5.32 Å². The van der Waals surface area contributed by atoms with E-state index in [-0.39, 0.29) is 17.3 Å². The third-order valence-electron chi connectivity index (χ3n) is 4.20. The Morgan fingerprint density at radius 2 is 1.85 bits per heavy atom. The van der Waals surface area contributed by atoms with Crippen molar-refractivity contribution in [3.8, 4) is 0 Å². The third kappa shape index (κ3) is 5.13.